The molecular weight excluding hydrogens is 236 g/mol. The SMILES string of the molecule is CCC(c1nc2ccccc2[nH]1)N1CCCNCC1. The second-order valence-corrected chi connectivity index (χ2v) is 5.20. The molecule has 2 heterocycles. The average Bonchev–Trinajstić information content (AvgIpc) is 2.67. The van der Waals surface area contributed by atoms with Crippen molar-refractivity contribution in [2.24, 2.45) is 0 Å². The van der Waals surface area contributed by atoms with Crippen LogP contribution in [0.5, 0.6) is 0 Å². The molecule has 1 aromatic carbocycles. The molecule has 0 saturated carbocycles. The van der Waals surface area contributed by atoms with Crippen molar-refractivity contribution < 1.29 is 0 Å². The number of fused-ring (bicyclic) bond motifs is 1. The predicted octanol–water partition coefficient (Wildman–Crippen LogP) is 2.31. The highest BCUT2D eigenvalue weighted by molar-refractivity contribution is 5.74. The number of aromatic nitrogens is 2. The van der Waals surface area contributed by atoms with Crippen molar-refractivity contribution in [1.29, 1.82) is 0 Å². The third-order valence-electron chi connectivity index (χ3n) is 3.93. The standard InChI is InChI=1S/C15H22N4/c1-2-14(19-10-5-8-16-9-11-19)15-17-12-6-3-4-7-13(12)18-15/h3-4,6-7,14,16H,2,5,8-11H2,1H3,(H,17,18). The molecule has 1 aliphatic heterocycles. The molecule has 0 radical (unpaired) electrons. The van der Waals surface area contributed by atoms with Gasteiger partial charge in [-0.1, -0.05) is 19.1 Å². The number of para-hydroxylation sites is 2. The van der Waals surface area contributed by atoms with Gasteiger partial charge in [-0.2, -0.15) is 0 Å². The van der Waals surface area contributed by atoms with Crippen LogP contribution in [0, 0.1) is 0 Å². The van der Waals surface area contributed by atoms with E-state index in [1.807, 2.05) is 6.07 Å². The zero-order chi connectivity index (χ0) is 13.1. The number of hydrogen-bond acceptors (Lipinski definition) is 3. The van der Waals surface area contributed by atoms with Gasteiger partial charge in [-0.25, -0.2) is 4.98 Å². The normalized spacial score (nSPS) is 19.4. The van der Waals surface area contributed by atoms with E-state index in [0.29, 0.717) is 6.04 Å². The van der Waals surface area contributed by atoms with Crippen LogP contribution < -0.4 is 5.32 Å². The lowest BCUT2D eigenvalue weighted by Crippen LogP contribution is -2.32. The Bertz CT molecular complexity index is 493. The van der Waals surface area contributed by atoms with E-state index in [1.54, 1.807) is 0 Å². The van der Waals surface area contributed by atoms with Crippen LogP contribution in [-0.2, 0) is 0 Å². The van der Waals surface area contributed by atoms with Gasteiger partial charge < -0.3 is 10.3 Å². The van der Waals surface area contributed by atoms with Gasteiger partial charge >= 0.3 is 0 Å². The Morgan fingerprint density at radius 2 is 2.16 bits per heavy atom. The van der Waals surface area contributed by atoms with Gasteiger partial charge in [-0.05, 0) is 31.5 Å². The summed E-state index contributed by atoms with van der Waals surface area (Å²) < 4.78 is 0. The number of aromatic amines is 1. The fraction of sp³-hybridized carbons (Fsp3) is 0.533. The minimum atomic E-state index is 0.410. The maximum absolute atomic E-state index is 4.77. The maximum atomic E-state index is 4.77. The highest BCUT2D eigenvalue weighted by Gasteiger charge is 2.22. The Morgan fingerprint density at radius 1 is 1.26 bits per heavy atom. The Labute approximate surface area is 114 Å². The van der Waals surface area contributed by atoms with Crippen molar-refractivity contribution in [3.63, 3.8) is 0 Å². The molecule has 3 rings (SSSR count). The first-order valence-electron chi connectivity index (χ1n) is 7.28. The monoisotopic (exact) mass is 258 g/mol. The summed E-state index contributed by atoms with van der Waals surface area (Å²) in [7, 11) is 0. The van der Waals surface area contributed by atoms with E-state index in [1.165, 1.54) is 6.42 Å². The van der Waals surface area contributed by atoms with Crippen LogP contribution in [0.4, 0.5) is 0 Å². The summed E-state index contributed by atoms with van der Waals surface area (Å²) in [6, 6.07) is 8.69. The molecule has 0 spiro atoms. The number of benzene rings is 1. The summed E-state index contributed by atoms with van der Waals surface area (Å²) in [5.41, 5.74) is 2.22. The highest BCUT2D eigenvalue weighted by atomic mass is 15.2. The largest absolute Gasteiger partial charge is 0.341 e. The lowest BCUT2D eigenvalue weighted by atomic mass is 10.1. The molecule has 1 atom stereocenters. The number of nitrogens with one attached hydrogen (secondary N) is 2. The molecule has 1 fully saturated rings. The second-order valence-electron chi connectivity index (χ2n) is 5.20. The van der Waals surface area contributed by atoms with Gasteiger partial charge in [-0.15, -0.1) is 0 Å². The Morgan fingerprint density at radius 3 is 3.00 bits per heavy atom. The predicted molar refractivity (Wildman–Crippen MR) is 78.2 cm³/mol. The molecule has 1 unspecified atom stereocenters. The summed E-state index contributed by atoms with van der Waals surface area (Å²) in [5, 5.41) is 3.46. The first-order chi connectivity index (χ1) is 9.38. The molecule has 102 valence electrons. The van der Waals surface area contributed by atoms with E-state index in [0.717, 1.165) is 49.5 Å². The number of H-pyrrole nitrogens is 1. The Hall–Kier alpha value is -1.39. The summed E-state index contributed by atoms with van der Waals surface area (Å²) in [4.78, 5) is 10.8. The molecule has 2 aromatic rings. The van der Waals surface area contributed by atoms with Crippen LogP contribution >= 0.6 is 0 Å². The van der Waals surface area contributed by atoms with Crippen LogP contribution in [0.15, 0.2) is 24.3 Å². The van der Waals surface area contributed by atoms with Gasteiger partial charge in [0.2, 0.25) is 0 Å². The minimum Gasteiger partial charge on any atom is -0.341 e. The van der Waals surface area contributed by atoms with Gasteiger partial charge in [0.05, 0.1) is 17.1 Å². The molecule has 0 amide bonds. The van der Waals surface area contributed by atoms with Gasteiger partial charge in [0.25, 0.3) is 0 Å². The Kier molecular flexibility index (Phi) is 3.80. The van der Waals surface area contributed by atoms with E-state index < -0.39 is 0 Å². The summed E-state index contributed by atoms with van der Waals surface area (Å²) in [6.07, 6.45) is 2.32. The average molecular weight is 258 g/mol. The third kappa shape index (κ3) is 2.65. The second kappa shape index (κ2) is 5.72. The quantitative estimate of drug-likeness (QED) is 0.888. The minimum absolute atomic E-state index is 0.410. The van der Waals surface area contributed by atoms with Gasteiger partial charge in [-0.3, -0.25) is 4.90 Å². The van der Waals surface area contributed by atoms with E-state index in [4.69, 9.17) is 4.98 Å². The fourth-order valence-electron chi connectivity index (χ4n) is 2.93. The van der Waals surface area contributed by atoms with Gasteiger partial charge in [0, 0.05) is 19.6 Å². The molecule has 0 aliphatic carbocycles. The summed E-state index contributed by atoms with van der Waals surface area (Å²) >= 11 is 0. The molecule has 0 bridgehead atoms. The highest BCUT2D eigenvalue weighted by Crippen LogP contribution is 2.24. The smallest absolute Gasteiger partial charge is 0.124 e. The van der Waals surface area contributed by atoms with Crippen molar-refractivity contribution in [1.82, 2.24) is 20.2 Å². The zero-order valence-electron chi connectivity index (χ0n) is 11.5. The van der Waals surface area contributed by atoms with Gasteiger partial charge in [0.15, 0.2) is 0 Å². The van der Waals surface area contributed by atoms with Crippen molar-refractivity contribution in [2.75, 3.05) is 26.2 Å². The van der Waals surface area contributed by atoms with Crippen LogP contribution in [0.2, 0.25) is 0 Å². The lowest BCUT2D eigenvalue weighted by Gasteiger charge is -2.27. The number of hydrogen-bond donors (Lipinski definition) is 2. The van der Waals surface area contributed by atoms with Crippen LogP contribution in [0.3, 0.4) is 0 Å². The van der Waals surface area contributed by atoms with Crippen molar-refractivity contribution in [3.8, 4) is 0 Å². The van der Waals surface area contributed by atoms with Crippen LogP contribution in [-0.4, -0.2) is 41.0 Å². The molecular formula is C15H22N4. The molecule has 4 heteroatoms. The van der Waals surface area contributed by atoms with Crippen molar-refractivity contribution >= 4 is 11.0 Å². The summed E-state index contributed by atoms with van der Waals surface area (Å²) in [5.74, 6) is 1.12. The molecule has 1 aliphatic rings. The molecule has 1 saturated heterocycles. The number of rotatable bonds is 3. The van der Waals surface area contributed by atoms with E-state index >= 15 is 0 Å². The molecule has 4 nitrogen and oxygen atoms in total. The topological polar surface area (TPSA) is 44.0 Å². The first-order valence-corrected chi connectivity index (χ1v) is 7.28. The fourth-order valence-corrected chi connectivity index (χ4v) is 2.93. The number of nitrogens with zero attached hydrogens (tertiary/aromatic N) is 2. The zero-order valence-corrected chi connectivity index (χ0v) is 11.5. The van der Waals surface area contributed by atoms with Crippen LogP contribution in [0.25, 0.3) is 11.0 Å². The van der Waals surface area contributed by atoms with E-state index in [2.05, 4.69) is 40.3 Å². The molecule has 19 heavy (non-hydrogen) atoms. The molecule has 2 N–H and O–H groups in total. The van der Waals surface area contributed by atoms with E-state index in [9.17, 15) is 0 Å². The maximum Gasteiger partial charge on any atom is 0.124 e. The van der Waals surface area contributed by atoms with E-state index in [-0.39, 0.29) is 0 Å². The number of imidazole rings is 1. The van der Waals surface area contributed by atoms with Gasteiger partial charge in [0.1, 0.15) is 5.82 Å². The van der Waals surface area contributed by atoms with Crippen molar-refractivity contribution in [3.05, 3.63) is 30.1 Å². The van der Waals surface area contributed by atoms with Crippen LogP contribution in [0.1, 0.15) is 31.6 Å². The molecule has 1 aromatic heterocycles. The third-order valence-corrected chi connectivity index (χ3v) is 3.93. The summed E-state index contributed by atoms with van der Waals surface area (Å²) in [6.45, 7) is 6.72. The van der Waals surface area contributed by atoms with Crippen molar-refractivity contribution in [2.45, 2.75) is 25.8 Å². The first kappa shape index (κ1) is 12.6. The lowest BCUT2D eigenvalue weighted by molar-refractivity contribution is 0.198. The Balaban J connectivity index is 1.87.